The molecule has 3 aromatic heterocycles. The van der Waals surface area contributed by atoms with E-state index >= 15 is 0 Å². The molecule has 3 aromatic rings. The summed E-state index contributed by atoms with van der Waals surface area (Å²) in [6.07, 6.45) is -0.957. The van der Waals surface area contributed by atoms with Gasteiger partial charge in [-0.05, 0) is 12.1 Å². The number of carbonyl (C=O) groups is 2. The summed E-state index contributed by atoms with van der Waals surface area (Å²) in [4.78, 5) is 26.9. The van der Waals surface area contributed by atoms with E-state index in [-0.39, 0.29) is 23.7 Å². The van der Waals surface area contributed by atoms with Gasteiger partial charge in [0, 0.05) is 24.2 Å². The molecule has 0 aromatic carbocycles. The summed E-state index contributed by atoms with van der Waals surface area (Å²) in [5.41, 5.74) is -0.896. The van der Waals surface area contributed by atoms with Gasteiger partial charge in [0.1, 0.15) is 5.65 Å². The zero-order valence-electron chi connectivity index (χ0n) is 14.3. The van der Waals surface area contributed by atoms with E-state index in [0.29, 0.717) is 11.3 Å². The highest BCUT2D eigenvalue weighted by molar-refractivity contribution is 5.88. The van der Waals surface area contributed by atoms with Crippen molar-refractivity contribution >= 4 is 17.5 Å². The highest BCUT2D eigenvalue weighted by Gasteiger charge is 2.36. The zero-order chi connectivity index (χ0) is 19.8. The fraction of sp³-hybridized carbons (Fsp3) is 0.235. The molecule has 3 rings (SSSR count). The minimum atomic E-state index is -4.72. The Labute approximate surface area is 150 Å². The molecule has 0 aliphatic rings. The number of imidazole rings is 1. The number of hydrogen-bond acceptors (Lipinski definition) is 5. The minimum Gasteiger partial charge on any atom is -0.472 e. The van der Waals surface area contributed by atoms with Gasteiger partial charge >= 0.3 is 12.1 Å². The van der Waals surface area contributed by atoms with E-state index in [2.05, 4.69) is 15.0 Å². The number of esters is 1. The Morgan fingerprint density at radius 3 is 2.67 bits per heavy atom. The van der Waals surface area contributed by atoms with Gasteiger partial charge in [-0.3, -0.25) is 4.79 Å². The molecule has 10 heteroatoms. The number of halogens is 3. The molecule has 7 nitrogen and oxygen atoms in total. The van der Waals surface area contributed by atoms with Gasteiger partial charge in [-0.15, -0.1) is 0 Å². The van der Waals surface area contributed by atoms with Crippen molar-refractivity contribution in [2.75, 3.05) is 7.11 Å². The monoisotopic (exact) mass is 381 g/mol. The number of hydrogen-bond donors (Lipinski definition) is 1. The Morgan fingerprint density at radius 1 is 1.37 bits per heavy atom. The molecular weight excluding hydrogens is 367 g/mol. The van der Waals surface area contributed by atoms with Gasteiger partial charge in [0.15, 0.2) is 5.69 Å². The summed E-state index contributed by atoms with van der Waals surface area (Å²) in [6.45, 7) is 1.20. The summed E-state index contributed by atoms with van der Waals surface area (Å²) in [7, 11) is 1.10. The van der Waals surface area contributed by atoms with E-state index in [1.54, 1.807) is 0 Å². The number of fused-ring (bicyclic) bond motifs is 1. The van der Waals surface area contributed by atoms with Crippen LogP contribution in [0.5, 0.6) is 0 Å². The predicted molar refractivity (Wildman–Crippen MR) is 86.8 cm³/mol. The van der Waals surface area contributed by atoms with Crippen LogP contribution in [0.1, 0.15) is 28.7 Å². The van der Waals surface area contributed by atoms with Crippen molar-refractivity contribution in [2.24, 2.45) is 0 Å². The summed E-state index contributed by atoms with van der Waals surface area (Å²) < 4.78 is 51.5. The van der Waals surface area contributed by atoms with Crippen molar-refractivity contribution < 1.29 is 31.9 Å². The molecule has 0 unspecified atom stereocenters. The first-order valence-electron chi connectivity index (χ1n) is 7.70. The molecule has 0 fully saturated rings. The molecule has 0 aliphatic heterocycles. The van der Waals surface area contributed by atoms with Gasteiger partial charge in [0.25, 0.3) is 0 Å². The first kappa shape index (κ1) is 18.5. The Morgan fingerprint density at radius 2 is 2.11 bits per heavy atom. The molecule has 0 bridgehead atoms. The lowest BCUT2D eigenvalue weighted by Gasteiger charge is -2.16. The number of nitrogens with zero attached hydrogens (tertiary/aromatic N) is 2. The smallest absolute Gasteiger partial charge is 0.420 e. The van der Waals surface area contributed by atoms with Crippen molar-refractivity contribution in [1.82, 2.24) is 14.7 Å². The van der Waals surface area contributed by atoms with Crippen LogP contribution in [0.3, 0.4) is 0 Å². The first-order valence-corrected chi connectivity index (χ1v) is 7.70. The molecule has 27 heavy (non-hydrogen) atoms. The Kier molecular flexibility index (Phi) is 4.64. The normalized spacial score (nSPS) is 11.6. The average molecular weight is 381 g/mol. The molecule has 0 spiro atoms. The Hall–Kier alpha value is -3.30. The first-order chi connectivity index (χ1) is 12.7. The second-order valence-electron chi connectivity index (χ2n) is 5.65. The number of pyridine rings is 1. The molecule has 0 atom stereocenters. The van der Waals surface area contributed by atoms with Gasteiger partial charge in [-0.25, -0.2) is 9.78 Å². The number of alkyl halides is 3. The maximum absolute atomic E-state index is 13.6. The van der Waals surface area contributed by atoms with Crippen LogP contribution in [0.4, 0.5) is 13.2 Å². The SMILES string of the molecule is COC(=O)c1cn2c(CNC(C)=O)c(-c3ccoc3)cc(C(F)(F)F)c2n1. The van der Waals surface area contributed by atoms with Crippen LogP contribution < -0.4 is 5.32 Å². The number of rotatable bonds is 4. The molecule has 0 radical (unpaired) electrons. The van der Waals surface area contributed by atoms with Crippen molar-refractivity contribution in [2.45, 2.75) is 19.6 Å². The molecule has 1 amide bonds. The number of aromatic nitrogens is 2. The van der Waals surface area contributed by atoms with E-state index in [4.69, 9.17) is 4.42 Å². The lowest BCUT2D eigenvalue weighted by atomic mass is 10.0. The van der Waals surface area contributed by atoms with Crippen LogP contribution in [-0.2, 0) is 22.3 Å². The van der Waals surface area contributed by atoms with Gasteiger partial charge < -0.3 is 18.9 Å². The van der Waals surface area contributed by atoms with Crippen LogP contribution in [0.15, 0.2) is 35.3 Å². The molecule has 0 saturated heterocycles. The number of furan rings is 1. The van der Waals surface area contributed by atoms with E-state index in [1.807, 2.05) is 0 Å². The van der Waals surface area contributed by atoms with Crippen molar-refractivity contribution in [3.63, 3.8) is 0 Å². The van der Waals surface area contributed by atoms with Gasteiger partial charge in [-0.1, -0.05) is 0 Å². The van der Waals surface area contributed by atoms with E-state index in [1.165, 1.54) is 25.5 Å². The number of methoxy groups -OCH3 is 1. The van der Waals surface area contributed by atoms with Crippen LogP contribution in [0.25, 0.3) is 16.8 Å². The minimum absolute atomic E-state index is 0.0819. The third kappa shape index (κ3) is 3.50. The fourth-order valence-electron chi connectivity index (χ4n) is 2.67. The number of carbonyl (C=O) groups excluding carboxylic acids is 2. The quantitative estimate of drug-likeness (QED) is 0.702. The molecule has 142 valence electrons. The third-order valence-corrected chi connectivity index (χ3v) is 3.87. The number of amides is 1. The average Bonchev–Trinajstić information content (AvgIpc) is 3.26. The van der Waals surface area contributed by atoms with Crippen LogP contribution in [0.2, 0.25) is 0 Å². The summed E-state index contributed by atoms with van der Waals surface area (Å²) in [5, 5.41) is 2.55. The van der Waals surface area contributed by atoms with E-state index in [9.17, 15) is 22.8 Å². The molecule has 0 aliphatic carbocycles. The Balaban J connectivity index is 2.35. The van der Waals surface area contributed by atoms with Crippen molar-refractivity contribution in [3.05, 3.63) is 47.8 Å². The van der Waals surface area contributed by atoms with Crippen LogP contribution in [-0.4, -0.2) is 28.4 Å². The standard InChI is InChI=1S/C17H14F3N3O4/c1-9(24)21-6-14-11(10-3-4-27-8-10)5-12(17(18,19)20)15-22-13(7-23(14)15)16(25)26-2/h3-5,7-8H,6H2,1-2H3,(H,21,24). The summed E-state index contributed by atoms with van der Waals surface area (Å²) in [5.74, 6) is -1.24. The maximum Gasteiger partial charge on any atom is 0.420 e. The van der Waals surface area contributed by atoms with Gasteiger partial charge in [-0.2, -0.15) is 13.2 Å². The molecule has 0 saturated carbocycles. The maximum atomic E-state index is 13.6. The molecule has 3 heterocycles. The van der Waals surface area contributed by atoms with Crippen LogP contribution in [0, 0.1) is 0 Å². The van der Waals surface area contributed by atoms with Crippen molar-refractivity contribution in [3.8, 4) is 11.1 Å². The number of ether oxygens (including phenoxy) is 1. The molecule has 1 N–H and O–H groups in total. The second kappa shape index (κ2) is 6.78. The van der Waals surface area contributed by atoms with Gasteiger partial charge in [0.2, 0.25) is 5.91 Å². The topological polar surface area (TPSA) is 85.8 Å². The van der Waals surface area contributed by atoms with Crippen LogP contribution >= 0.6 is 0 Å². The lowest BCUT2D eigenvalue weighted by Crippen LogP contribution is -2.22. The Bertz CT molecular complexity index is 1010. The second-order valence-corrected chi connectivity index (χ2v) is 5.65. The van der Waals surface area contributed by atoms with E-state index in [0.717, 1.165) is 23.8 Å². The summed E-state index contributed by atoms with van der Waals surface area (Å²) in [6, 6.07) is 2.42. The predicted octanol–water partition coefficient (Wildman–Crippen LogP) is 3.04. The largest absolute Gasteiger partial charge is 0.472 e. The fourth-order valence-corrected chi connectivity index (χ4v) is 2.67. The lowest BCUT2D eigenvalue weighted by molar-refractivity contribution is -0.136. The van der Waals surface area contributed by atoms with E-state index < -0.39 is 23.4 Å². The van der Waals surface area contributed by atoms with Gasteiger partial charge in [0.05, 0.1) is 37.4 Å². The molecular formula is C17H14F3N3O4. The van der Waals surface area contributed by atoms with Crippen molar-refractivity contribution in [1.29, 1.82) is 0 Å². The zero-order valence-corrected chi connectivity index (χ0v) is 14.3. The number of nitrogens with one attached hydrogen (secondary N) is 1. The highest BCUT2D eigenvalue weighted by Crippen LogP contribution is 2.37. The third-order valence-electron chi connectivity index (χ3n) is 3.87. The highest BCUT2D eigenvalue weighted by atomic mass is 19.4. The summed E-state index contributed by atoms with van der Waals surface area (Å²) >= 11 is 0.